The summed E-state index contributed by atoms with van der Waals surface area (Å²) in [5.74, 6) is 0.383. The Balaban J connectivity index is 1.58. The van der Waals surface area contributed by atoms with E-state index in [1.165, 1.54) is 19.3 Å². The van der Waals surface area contributed by atoms with Gasteiger partial charge in [-0.2, -0.15) is 0 Å². The SMILES string of the molecule is NCC(NC(=O)C1(NC(=O)NCc2ccccc2)CCCC1)C1CCCCC1. The van der Waals surface area contributed by atoms with E-state index in [0.717, 1.165) is 31.2 Å². The van der Waals surface area contributed by atoms with Crippen LogP contribution >= 0.6 is 0 Å². The molecule has 154 valence electrons. The van der Waals surface area contributed by atoms with Crippen LogP contribution in [0.4, 0.5) is 4.79 Å². The van der Waals surface area contributed by atoms with Crippen LogP contribution < -0.4 is 21.7 Å². The Bertz CT molecular complexity index is 637. The van der Waals surface area contributed by atoms with Crippen LogP contribution in [0.3, 0.4) is 0 Å². The molecule has 1 aromatic rings. The highest BCUT2D eigenvalue weighted by atomic mass is 16.2. The maximum Gasteiger partial charge on any atom is 0.315 e. The number of urea groups is 1. The van der Waals surface area contributed by atoms with Crippen molar-refractivity contribution in [2.75, 3.05) is 6.54 Å². The molecule has 2 aliphatic carbocycles. The Morgan fingerprint density at radius 1 is 1.04 bits per heavy atom. The van der Waals surface area contributed by atoms with E-state index in [1.54, 1.807) is 0 Å². The molecule has 1 aromatic carbocycles. The molecule has 3 amide bonds. The highest BCUT2D eigenvalue weighted by Gasteiger charge is 2.43. The maximum atomic E-state index is 13.2. The Hall–Kier alpha value is -2.08. The average Bonchev–Trinajstić information content (AvgIpc) is 3.21. The lowest BCUT2D eigenvalue weighted by molar-refractivity contribution is -0.128. The molecule has 2 fully saturated rings. The molecular formula is C22H34N4O2. The molecule has 1 unspecified atom stereocenters. The summed E-state index contributed by atoms with van der Waals surface area (Å²) in [7, 11) is 0. The quantitative estimate of drug-likeness (QED) is 0.580. The van der Waals surface area contributed by atoms with Gasteiger partial charge < -0.3 is 21.7 Å². The number of nitrogens with two attached hydrogens (primary N) is 1. The lowest BCUT2D eigenvalue weighted by Gasteiger charge is -2.35. The molecule has 1 atom stereocenters. The van der Waals surface area contributed by atoms with E-state index in [0.29, 0.717) is 31.8 Å². The van der Waals surface area contributed by atoms with Crippen molar-refractivity contribution < 1.29 is 9.59 Å². The molecule has 0 aliphatic heterocycles. The van der Waals surface area contributed by atoms with Crippen molar-refractivity contribution >= 4 is 11.9 Å². The fourth-order valence-electron chi connectivity index (χ4n) is 4.64. The number of hydrogen-bond acceptors (Lipinski definition) is 3. The first-order chi connectivity index (χ1) is 13.6. The van der Waals surface area contributed by atoms with Crippen molar-refractivity contribution in [3.8, 4) is 0 Å². The van der Waals surface area contributed by atoms with Crippen molar-refractivity contribution in [2.45, 2.75) is 75.9 Å². The smallest absolute Gasteiger partial charge is 0.315 e. The summed E-state index contributed by atoms with van der Waals surface area (Å²) >= 11 is 0. The number of rotatable bonds is 7. The van der Waals surface area contributed by atoms with Crippen LogP contribution in [0.1, 0.15) is 63.4 Å². The molecule has 2 aliphatic rings. The van der Waals surface area contributed by atoms with Gasteiger partial charge in [0.25, 0.3) is 0 Å². The highest BCUT2D eigenvalue weighted by molar-refractivity contribution is 5.91. The summed E-state index contributed by atoms with van der Waals surface area (Å²) in [5.41, 5.74) is 6.21. The van der Waals surface area contributed by atoms with E-state index in [9.17, 15) is 9.59 Å². The number of benzene rings is 1. The van der Waals surface area contributed by atoms with Gasteiger partial charge in [0.1, 0.15) is 5.54 Å². The van der Waals surface area contributed by atoms with Crippen molar-refractivity contribution in [3.63, 3.8) is 0 Å². The zero-order chi connectivity index (χ0) is 19.8. The van der Waals surface area contributed by atoms with E-state index in [1.807, 2.05) is 30.3 Å². The molecule has 0 spiro atoms. The second kappa shape index (κ2) is 9.92. The van der Waals surface area contributed by atoms with Crippen LogP contribution in [0.2, 0.25) is 0 Å². The molecule has 6 heteroatoms. The Morgan fingerprint density at radius 2 is 1.71 bits per heavy atom. The lowest BCUT2D eigenvalue weighted by Crippen LogP contribution is -2.62. The van der Waals surface area contributed by atoms with E-state index in [2.05, 4.69) is 16.0 Å². The van der Waals surface area contributed by atoms with Gasteiger partial charge in [-0.15, -0.1) is 0 Å². The van der Waals surface area contributed by atoms with Gasteiger partial charge in [-0.05, 0) is 37.2 Å². The predicted octanol–water partition coefficient (Wildman–Crippen LogP) is 2.82. The summed E-state index contributed by atoms with van der Waals surface area (Å²) in [6.45, 7) is 0.893. The van der Waals surface area contributed by atoms with Gasteiger partial charge in [0, 0.05) is 19.1 Å². The van der Waals surface area contributed by atoms with E-state index in [-0.39, 0.29) is 18.0 Å². The van der Waals surface area contributed by atoms with Gasteiger partial charge in [-0.1, -0.05) is 62.4 Å². The summed E-state index contributed by atoms with van der Waals surface area (Å²) < 4.78 is 0. The highest BCUT2D eigenvalue weighted by Crippen LogP contribution is 2.31. The third-order valence-electron chi connectivity index (χ3n) is 6.33. The summed E-state index contributed by atoms with van der Waals surface area (Å²) in [4.78, 5) is 25.7. The molecule has 0 aromatic heterocycles. The molecule has 0 heterocycles. The standard InChI is InChI=1S/C22H34N4O2/c23-15-19(18-11-5-2-6-12-18)25-20(27)22(13-7-8-14-22)26-21(28)24-16-17-9-3-1-4-10-17/h1,3-4,9-10,18-19H,2,5-8,11-16,23H2,(H,25,27)(H2,24,26,28). The van der Waals surface area contributed by atoms with Gasteiger partial charge in [0.15, 0.2) is 0 Å². The first kappa shape index (κ1) is 20.6. The normalized spacial score (nSPS) is 20.3. The fourth-order valence-corrected chi connectivity index (χ4v) is 4.64. The minimum absolute atomic E-state index is 0.000505. The van der Waals surface area contributed by atoms with Crippen molar-refractivity contribution in [3.05, 3.63) is 35.9 Å². The van der Waals surface area contributed by atoms with Crippen molar-refractivity contribution in [2.24, 2.45) is 11.7 Å². The number of carbonyl (C=O) groups is 2. The predicted molar refractivity (Wildman–Crippen MR) is 111 cm³/mol. The molecule has 0 bridgehead atoms. The van der Waals surface area contributed by atoms with Gasteiger partial charge in [0.2, 0.25) is 5.91 Å². The second-order valence-corrected chi connectivity index (χ2v) is 8.30. The van der Waals surface area contributed by atoms with Gasteiger partial charge in [0.05, 0.1) is 0 Å². The third-order valence-corrected chi connectivity index (χ3v) is 6.33. The number of hydrogen-bond donors (Lipinski definition) is 4. The molecule has 3 rings (SSSR count). The van der Waals surface area contributed by atoms with Gasteiger partial charge in [-0.25, -0.2) is 4.79 Å². The monoisotopic (exact) mass is 386 g/mol. The largest absolute Gasteiger partial charge is 0.350 e. The third kappa shape index (κ3) is 5.25. The average molecular weight is 387 g/mol. The Morgan fingerprint density at radius 3 is 2.36 bits per heavy atom. The number of amides is 3. The summed E-state index contributed by atoms with van der Waals surface area (Å²) in [6.07, 6.45) is 9.20. The van der Waals surface area contributed by atoms with Crippen LogP contribution in [0.15, 0.2) is 30.3 Å². The first-order valence-electron chi connectivity index (χ1n) is 10.7. The van der Waals surface area contributed by atoms with Gasteiger partial charge in [-0.3, -0.25) is 4.79 Å². The lowest BCUT2D eigenvalue weighted by atomic mass is 9.83. The zero-order valence-corrected chi connectivity index (χ0v) is 16.7. The fraction of sp³-hybridized carbons (Fsp3) is 0.636. The minimum atomic E-state index is -0.817. The molecule has 6 nitrogen and oxygen atoms in total. The topological polar surface area (TPSA) is 96.2 Å². The minimum Gasteiger partial charge on any atom is -0.350 e. The summed E-state index contributed by atoms with van der Waals surface area (Å²) in [5, 5.41) is 9.07. The van der Waals surface area contributed by atoms with Crippen LogP contribution in [-0.2, 0) is 11.3 Å². The summed E-state index contributed by atoms with van der Waals surface area (Å²) in [6, 6.07) is 9.48. The Labute approximate surface area is 168 Å². The maximum absolute atomic E-state index is 13.2. The molecular weight excluding hydrogens is 352 g/mol. The number of carbonyl (C=O) groups excluding carboxylic acids is 2. The van der Waals surface area contributed by atoms with E-state index >= 15 is 0 Å². The molecule has 0 saturated heterocycles. The van der Waals surface area contributed by atoms with Crippen LogP contribution in [0, 0.1) is 5.92 Å². The Kier molecular flexibility index (Phi) is 7.31. The van der Waals surface area contributed by atoms with Gasteiger partial charge >= 0.3 is 6.03 Å². The second-order valence-electron chi connectivity index (χ2n) is 8.30. The van der Waals surface area contributed by atoms with Crippen LogP contribution in [0.5, 0.6) is 0 Å². The molecule has 5 N–H and O–H groups in total. The van der Waals surface area contributed by atoms with Crippen molar-refractivity contribution in [1.82, 2.24) is 16.0 Å². The van der Waals surface area contributed by atoms with E-state index < -0.39 is 5.54 Å². The molecule has 2 saturated carbocycles. The molecule has 28 heavy (non-hydrogen) atoms. The van der Waals surface area contributed by atoms with E-state index in [4.69, 9.17) is 5.73 Å². The molecule has 0 radical (unpaired) electrons. The van der Waals surface area contributed by atoms with Crippen molar-refractivity contribution in [1.29, 1.82) is 0 Å². The first-order valence-corrected chi connectivity index (χ1v) is 10.7. The number of nitrogens with one attached hydrogen (secondary N) is 3. The van der Waals surface area contributed by atoms with Crippen LogP contribution in [0.25, 0.3) is 0 Å². The zero-order valence-electron chi connectivity index (χ0n) is 16.7. The van der Waals surface area contributed by atoms with Crippen LogP contribution in [-0.4, -0.2) is 30.1 Å².